The summed E-state index contributed by atoms with van der Waals surface area (Å²) < 4.78 is 0. The van der Waals surface area contributed by atoms with Gasteiger partial charge in [0.25, 0.3) is 0 Å². The van der Waals surface area contributed by atoms with Gasteiger partial charge in [0, 0.05) is 11.1 Å². The van der Waals surface area contributed by atoms with Crippen molar-refractivity contribution in [3.8, 4) is 0 Å². The van der Waals surface area contributed by atoms with Crippen LogP contribution in [-0.4, -0.2) is 19.0 Å². The number of rotatable bonds is 2. The van der Waals surface area contributed by atoms with Crippen molar-refractivity contribution in [3.05, 3.63) is 34.9 Å². The van der Waals surface area contributed by atoms with Crippen LogP contribution in [0.1, 0.15) is 18.5 Å². The van der Waals surface area contributed by atoms with Crippen molar-refractivity contribution in [3.63, 3.8) is 0 Å². The molecule has 0 aliphatic carbocycles. The molecule has 2 heteroatoms. The summed E-state index contributed by atoms with van der Waals surface area (Å²) in [5.41, 5.74) is 1.18. The Hall–Kier alpha value is -0.530. The van der Waals surface area contributed by atoms with Crippen molar-refractivity contribution in [1.82, 2.24) is 4.90 Å². The minimum Gasteiger partial charge on any atom is -0.303 e. The first-order valence-electron chi connectivity index (χ1n) is 4.03. The van der Waals surface area contributed by atoms with Crippen LogP contribution in [0.4, 0.5) is 0 Å². The van der Waals surface area contributed by atoms with Gasteiger partial charge in [-0.2, -0.15) is 0 Å². The molecule has 1 aromatic rings. The van der Waals surface area contributed by atoms with Crippen molar-refractivity contribution in [2.75, 3.05) is 14.1 Å². The van der Waals surface area contributed by atoms with E-state index in [-0.39, 0.29) is 0 Å². The molecule has 0 bridgehead atoms. The molecule has 12 heavy (non-hydrogen) atoms. The quantitative estimate of drug-likeness (QED) is 0.682. The summed E-state index contributed by atoms with van der Waals surface area (Å²) in [6.45, 7) is 2.14. The average molecular weight is 184 g/mol. The summed E-state index contributed by atoms with van der Waals surface area (Å²) in [7, 11) is 4.10. The minimum atomic E-state index is 0.374. The molecule has 0 saturated carbocycles. The van der Waals surface area contributed by atoms with Gasteiger partial charge in [0.2, 0.25) is 0 Å². The molecule has 0 aromatic heterocycles. The lowest BCUT2D eigenvalue weighted by atomic mass is 10.1. The zero-order valence-electron chi connectivity index (χ0n) is 7.71. The van der Waals surface area contributed by atoms with Crippen molar-refractivity contribution in [2.45, 2.75) is 13.0 Å². The normalized spacial score (nSPS) is 13.4. The molecular formula is C10H14ClN. The molecule has 0 aliphatic rings. The van der Waals surface area contributed by atoms with E-state index >= 15 is 0 Å². The first kappa shape index (κ1) is 9.56. The van der Waals surface area contributed by atoms with Crippen molar-refractivity contribution in [1.29, 1.82) is 0 Å². The van der Waals surface area contributed by atoms with E-state index in [0.717, 1.165) is 5.02 Å². The second-order valence-electron chi connectivity index (χ2n) is 3.16. The molecule has 0 N–H and O–H groups in total. The Morgan fingerprint density at radius 1 is 1.25 bits per heavy atom. The van der Waals surface area contributed by atoms with Crippen LogP contribution < -0.4 is 0 Å². The maximum Gasteiger partial charge on any atom is 0.0453 e. The van der Waals surface area contributed by atoms with Crippen molar-refractivity contribution < 1.29 is 0 Å². The van der Waals surface area contributed by atoms with E-state index in [2.05, 4.69) is 17.9 Å². The number of hydrogen-bond donors (Lipinski definition) is 0. The molecule has 0 amide bonds. The van der Waals surface area contributed by atoms with Gasteiger partial charge in [0.15, 0.2) is 0 Å². The van der Waals surface area contributed by atoms with E-state index in [9.17, 15) is 0 Å². The van der Waals surface area contributed by atoms with Gasteiger partial charge in [-0.25, -0.2) is 0 Å². The molecule has 1 aromatic carbocycles. The van der Waals surface area contributed by atoms with Crippen LogP contribution >= 0.6 is 11.6 Å². The first-order valence-corrected chi connectivity index (χ1v) is 4.41. The highest BCUT2D eigenvalue weighted by atomic mass is 35.5. The molecule has 1 nitrogen and oxygen atoms in total. The van der Waals surface area contributed by atoms with E-state index < -0.39 is 0 Å². The zero-order chi connectivity index (χ0) is 9.14. The Morgan fingerprint density at radius 3 is 2.33 bits per heavy atom. The van der Waals surface area contributed by atoms with E-state index in [1.54, 1.807) is 0 Å². The van der Waals surface area contributed by atoms with Crippen molar-refractivity contribution in [2.24, 2.45) is 0 Å². The Balaban J connectivity index is 2.94. The second-order valence-corrected chi connectivity index (χ2v) is 3.57. The van der Waals surface area contributed by atoms with Gasteiger partial charge >= 0.3 is 0 Å². The number of nitrogens with zero attached hydrogens (tertiary/aromatic N) is 1. The van der Waals surface area contributed by atoms with E-state index in [4.69, 9.17) is 11.6 Å². The van der Waals surface area contributed by atoms with Gasteiger partial charge in [0.1, 0.15) is 0 Å². The molecule has 1 rings (SSSR count). The number of hydrogen-bond acceptors (Lipinski definition) is 1. The van der Waals surface area contributed by atoms with Crippen LogP contribution in [0.5, 0.6) is 0 Å². The average Bonchev–Trinajstić information content (AvgIpc) is 2.04. The fourth-order valence-electron chi connectivity index (χ4n) is 1.09. The largest absolute Gasteiger partial charge is 0.303 e. The topological polar surface area (TPSA) is 3.24 Å². The highest BCUT2D eigenvalue weighted by Gasteiger charge is 2.09. The van der Waals surface area contributed by atoms with Gasteiger partial charge in [0.05, 0.1) is 0 Å². The molecule has 0 aliphatic heterocycles. The smallest absolute Gasteiger partial charge is 0.0453 e. The first-order chi connectivity index (χ1) is 5.63. The second kappa shape index (κ2) is 3.92. The minimum absolute atomic E-state index is 0.374. The Morgan fingerprint density at radius 2 is 1.83 bits per heavy atom. The summed E-state index contributed by atoms with van der Waals surface area (Å²) in [5.74, 6) is 0. The summed E-state index contributed by atoms with van der Waals surface area (Å²) in [6, 6.07) is 8.33. The fraction of sp³-hybridized carbons (Fsp3) is 0.400. The third kappa shape index (κ3) is 1.99. The molecule has 1 atom stereocenters. The van der Waals surface area contributed by atoms with Crippen LogP contribution in [0.25, 0.3) is 0 Å². The van der Waals surface area contributed by atoms with Gasteiger partial charge in [-0.15, -0.1) is 0 Å². The summed E-state index contributed by atoms with van der Waals surface area (Å²) in [4.78, 5) is 2.14. The predicted molar refractivity (Wildman–Crippen MR) is 53.6 cm³/mol. The van der Waals surface area contributed by atoms with Crippen LogP contribution in [0.3, 0.4) is 0 Å². The standard InChI is InChI=1S/C10H14ClN/c1-8(12(2)3)9-6-4-5-7-10(9)11/h4-8H,1-3H3. The fourth-order valence-corrected chi connectivity index (χ4v) is 1.39. The van der Waals surface area contributed by atoms with E-state index in [1.165, 1.54) is 5.56 Å². The number of halogens is 1. The monoisotopic (exact) mass is 183 g/mol. The van der Waals surface area contributed by atoms with Crippen molar-refractivity contribution >= 4 is 11.6 Å². The highest BCUT2D eigenvalue weighted by molar-refractivity contribution is 6.31. The summed E-state index contributed by atoms with van der Waals surface area (Å²) >= 11 is 6.04. The maximum absolute atomic E-state index is 6.04. The molecule has 66 valence electrons. The summed E-state index contributed by atoms with van der Waals surface area (Å²) in [5, 5.41) is 0.846. The number of benzene rings is 1. The maximum atomic E-state index is 6.04. The predicted octanol–water partition coefficient (Wildman–Crippen LogP) is 2.96. The van der Waals surface area contributed by atoms with Crippen LogP contribution in [0.15, 0.2) is 24.3 Å². The lowest BCUT2D eigenvalue weighted by molar-refractivity contribution is 0.321. The van der Waals surface area contributed by atoms with Crippen LogP contribution in [0, 0.1) is 0 Å². The molecule has 0 spiro atoms. The molecule has 0 fully saturated rings. The lowest BCUT2D eigenvalue weighted by Gasteiger charge is -2.20. The Kier molecular flexibility index (Phi) is 3.12. The third-order valence-electron chi connectivity index (χ3n) is 2.13. The Labute approximate surface area is 79.0 Å². The molecule has 0 radical (unpaired) electrons. The zero-order valence-corrected chi connectivity index (χ0v) is 8.47. The van der Waals surface area contributed by atoms with E-state index in [1.807, 2.05) is 32.3 Å². The van der Waals surface area contributed by atoms with Crippen LogP contribution in [-0.2, 0) is 0 Å². The van der Waals surface area contributed by atoms with Gasteiger partial charge in [-0.1, -0.05) is 29.8 Å². The molecular weight excluding hydrogens is 170 g/mol. The molecule has 1 unspecified atom stereocenters. The lowest BCUT2D eigenvalue weighted by Crippen LogP contribution is -2.16. The third-order valence-corrected chi connectivity index (χ3v) is 2.47. The van der Waals surface area contributed by atoms with Crippen LogP contribution in [0.2, 0.25) is 5.02 Å². The van der Waals surface area contributed by atoms with Gasteiger partial charge in [-0.05, 0) is 32.6 Å². The highest BCUT2D eigenvalue weighted by Crippen LogP contribution is 2.24. The Bertz CT molecular complexity index is 258. The molecule has 0 heterocycles. The van der Waals surface area contributed by atoms with Gasteiger partial charge in [-0.3, -0.25) is 0 Å². The summed E-state index contributed by atoms with van der Waals surface area (Å²) in [6.07, 6.45) is 0. The SMILES string of the molecule is CC(c1ccccc1Cl)N(C)C. The van der Waals surface area contributed by atoms with Gasteiger partial charge < -0.3 is 4.90 Å². The van der Waals surface area contributed by atoms with E-state index in [0.29, 0.717) is 6.04 Å². The molecule has 0 saturated heterocycles.